The molecule has 0 fully saturated rings. The first-order chi connectivity index (χ1) is 7.09. The number of carbonyl (C=O) groups excluding carboxylic acids is 1. The van der Waals surface area contributed by atoms with Crippen LogP contribution in [0.2, 0.25) is 0 Å². The smallest absolute Gasteiger partial charge is 0.305 e. The van der Waals surface area contributed by atoms with E-state index in [1.807, 2.05) is 0 Å². The van der Waals surface area contributed by atoms with E-state index < -0.39 is 5.97 Å². The van der Waals surface area contributed by atoms with Crippen molar-refractivity contribution in [3.63, 3.8) is 0 Å². The second kappa shape index (κ2) is 5.14. The maximum absolute atomic E-state index is 11.5. The van der Waals surface area contributed by atoms with Crippen molar-refractivity contribution in [1.29, 1.82) is 0 Å². The van der Waals surface area contributed by atoms with Gasteiger partial charge in [0.2, 0.25) is 5.91 Å². The first-order valence-corrected chi connectivity index (χ1v) is 4.44. The van der Waals surface area contributed by atoms with Crippen LogP contribution < -0.4 is 0 Å². The van der Waals surface area contributed by atoms with Gasteiger partial charge in [0.25, 0.3) is 0 Å². The summed E-state index contributed by atoms with van der Waals surface area (Å²) in [5.41, 5.74) is 0.544. The molecule has 6 heteroatoms. The number of aliphatic carboxylic acids is 1. The van der Waals surface area contributed by atoms with Crippen molar-refractivity contribution in [2.24, 2.45) is 0 Å². The zero-order valence-corrected chi connectivity index (χ0v) is 8.34. The van der Waals surface area contributed by atoms with Crippen LogP contribution in [0, 0.1) is 0 Å². The quantitative estimate of drug-likeness (QED) is 0.751. The minimum atomic E-state index is -0.920. The van der Waals surface area contributed by atoms with Crippen molar-refractivity contribution >= 4 is 11.9 Å². The maximum atomic E-state index is 11.5. The Labute approximate surface area is 86.5 Å². The molecule has 6 nitrogen and oxygen atoms in total. The van der Waals surface area contributed by atoms with Crippen molar-refractivity contribution in [3.05, 3.63) is 18.0 Å². The Bertz CT molecular complexity index is 334. The molecule has 0 aliphatic carbocycles. The van der Waals surface area contributed by atoms with Crippen molar-refractivity contribution in [1.82, 2.24) is 10.1 Å². The lowest BCUT2D eigenvalue weighted by molar-refractivity contribution is -0.138. The van der Waals surface area contributed by atoms with Gasteiger partial charge in [0.15, 0.2) is 0 Å². The Morgan fingerprint density at radius 3 is 2.87 bits per heavy atom. The van der Waals surface area contributed by atoms with Crippen molar-refractivity contribution in [2.45, 2.75) is 12.8 Å². The average Bonchev–Trinajstić information content (AvgIpc) is 2.66. The molecule has 0 atom stereocenters. The molecule has 0 unspecified atom stereocenters. The molecule has 1 aromatic rings. The maximum Gasteiger partial charge on any atom is 0.305 e. The Morgan fingerprint density at radius 2 is 2.33 bits per heavy atom. The van der Waals surface area contributed by atoms with Gasteiger partial charge in [-0.05, 0) is 0 Å². The number of likely N-dealkylation sites (N-methyl/N-ethyl adjacent to an activating group) is 1. The van der Waals surface area contributed by atoms with Gasteiger partial charge in [0.05, 0.1) is 18.5 Å². The van der Waals surface area contributed by atoms with Gasteiger partial charge >= 0.3 is 5.97 Å². The first-order valence-electron chi connectivity index (χ1n) is 4.44. The van der Waals surface area contributed by atoms with Gasteiger partial charge < -0.3 is 14.5 Å². The summed E-state index contributed by atoms with van der Waals surface area (Å²) in [6.45, 7) is 0.200. The third kappa shape index (κ3) is 3.80. The lowest BCUT2D eigenvalue weighted by Crippen LogP contribution is -2.30. The van der Waals surface area contributed by atoms with Crippen LogP contribution in [0.3, 0.4) is 0 Å². The first kappa shape index (κ1) is 11.2. The summed E-state index contributed by atoms with van der Waals surface area (Å²) in [5.74, 6) is -1.10. The van der Waals surface area contributed by atoms with Gasteiger partial charge in [0.1, 0.15) is 6.26 Å². The lowest BCUT2D eigenvalue weighted by atomic mass is 10.3. The van der Waals surface area contributed by atoms with Gasteiger partial charge in [-0.15, -0.1) is 0 Å². The van der Waals surface area contributed by atoms with Crippen LogP contribution in [-0.4, -0.2) is 40.6 Å². The molecular formula is C9H12N2O4. The van der Waals surface area contributed by atoms with E-state index in [2.05, 4.69) is 9.68 Å². The van der Waals surface area contributed by atoms with E-state index in [1.54, 1.807) is 13.1 Å². The zero-order valence-electron chi connectivity index (χ0n) is 8.34. The van der Waals surface area contributed by atoms with Crippen molar-refractivity contribution < 1.29 is 19.2 Å². The van der Waals surface area contributed by atoms with Crippen LogP contribution in [0.15, 0.2) is 16.9 Å². The van der Waals surface area contributed by atoms with Crippen LogP contribution in [-0.2, 0) is 16.0 Å². The number of aromatic nitrogens is 1. The normalized spacial score (nSPS) is 9.93. The predicted molar refractivity (Wildman–Crippen MR) is 50.1 cm³/mol. The van der Waals surface area contributed by atoms with E-state index in [0.717, 1.165) is 0 Å². The highest BCUT2D eigenvalue weighted by atomic mass is 16.5. The molecule has 0 bridgehead atoms. The molecule has 0 saturated heterocycles. The van der Waals surface area contributed by atoms with Gasteiger partial charge in [-0.2, -0.15) is 0 Å². The summed E-state index contributed by atoms with van der Waals surface area (Å²) in [4.78, 5) is 23.1. The van der Waals surface area contributed by atoms with E-state index in [4.69, 9.17) is 5.11 Å². The predicted octanol–water partition coefficient (Wildman–Crippen LogP) is 0.150. The van der Waals surface area contributed by atoms with Crippen LogP contribution in [0.4, 0.5) is 0 Å². The number of nitrogens with zero attached hydrogens (tertiary/aromatic N) is 2. The highest BCUT2D eigenvalue weighted by Gasteiger charge is 2.12. The van der Waals surface area contributed by atoms with Gasteiger partial charge in [-0.1, -0.05) is 5.16 Å². The highest BCUT2D eigenvalue weighted by Crippen LogP contribution is 1.99. The molecule has 1 rings (SSSR count). The summed E-state index contributed by atoms with van der Waals surface area (Å²) in [6, 6.07) is 1.60. The standard InChI is InChI=1S/C9H12N2O4/c1-11(4-2-9(13)14)8(12)6-7-3-5-15-10-7/h3,5H,2,4,6H2,1H3,(H,13,14). The fraction of sp³-hybridized carbons (Fsp3) is 0.444. The second-order valence-electron chi connectivity index (χ2n) is 3.13. The summed E-state index contributed by atoms with van der Waals surface area (Å²) in [5, 5.41) is 12.0. The largest absolute Gasteiger partial charge is 0.481 e. The molecule has 1 heterocycles. The van der Waals surface area contributed by atoms with Crippen LogP contribution in [0.5, 0.6) is 0 Å². The molecule has 0 aromatic carbocycles. The molecule has 1 amide bonds. The Morgan fingerprint density at radius 1 is 1.60 bits per heavy atom. The fourth-order valence-electron chi connectivity index (χ4n) is 1.01. The number of hydrogen-bond donors (Lipinski definition) is 1. The highest BCUT2D eigenvalue weighted by molar-refractivity contribution is 5.78. The average molecular weight is 212 g/mol. The molecule has 0 saturated carbocycles. The molecule has 0 radical (unpaired) electrons. The third-order valence-corrected chi connectivity index (χ3v) is 1.91. The molecule has 15 heavy (non-hydrogen) atoms. The molecule has 0 aliphatic rings. The van der Waals surface area contributed by atoms with E-state index in [-0.39, 0.29) is 25.3 Å². The Kier molecular flexibility index (Phi) is 3.84. The third-order valence-electron chi connectivity index (χ3n) is 1.91. The molecule has 1 aromatic heterocycles. The number of rotatable bonds is 5. The fourth-order valence-corrected chi connectivity index (χ4v) is 1.01. The van der Waals surface area contributed by atoms with Crippen LogP contribution in [0.1, 0.15) is 12.1 Å². The van der Waals surface area contributed by atoms with Crippen molar-refractivity contribution in [2.75, 3.05) is 13.6 Å². The number of hydrogen-bond acceptors (Lipinski definition) is 4. The number of carboxylic acid groups (broad SMARTS) is 1. The minimum Gasteiger partial charge on any atom is -0.481 e. The number of carbonyl (C=O) groups is 2. The summed E-state index contributed by atoms with van der Waals surface area (Å²) < 4.78 is 4.58. The monoisotopic (exact) mass is 212 g/mol. The second-order valence-corrected chi connectivity index (χ2v) is 3.13. The number of amides is 1. The van der Waals surface area contributed by atoms with Gasteiger partial charge in [0, 0.05) is 19.7 Å². The van der Waals surface area contributed by atoms with E-state index in [0.29, 0.717) is 5.69 Å². The van der Waals surface area contributed by atoms with E-state index in [1.165, 1.54) is 11.2 Å². The molecule has 0 spiro atoms. The Balaban J connectivity index is 2.36. The topological polar surface area (TPSA) is 83.6 Å². The van der Waals surface area contributed by atoms with Crippen molar-refractivity contribution in [3.8, 4) is 0 Å². The SMILES string of the molecule is CN(CCC(=O)O)C(=O)Cc1ccon1. The lowest BCUT2D eigenvalue weighted by Gasteiger charge is -2.14. The summed E-state index contributed by atoms with van der Waals surface area (Å²) in [7, 11) is 1.56. The molecule has 82 valence electrons. The molecule has 0 aliphatic heterocycles. The molecule has 1 N–H and O–H groups in total. The zero-order chi connectivity index (χ0) is 11.3. The van der Waals surface area contributed by atoms with E-state index >= 15 is 0 Å². The van der Waals surface area contributed by atoms with E-state index in [9.17, 15) is 9.59 Å². The van der Waals surface area contributed by atoms with Gasteiger partial charge in [-0.25, -0.2) is 0 Å². The summed E-state index contributed by atoms with van der Waals surface area (Å²) >= 11 is 0. The van der Waals surface area contributed by atoms with Gasteiger partial charge in [-0.3, -0.25) is 9.59 Å². The van der Waals surface area contributed by atoms with Crippen LogP contribution >= 0.6 is 0 Å². The summed E-state index contributed by atoms with van der Waals surface area (Å²) in [6.07, 6.45) is 1.47. The van der Waals surface area contributed by atoms with Crippen LogP contribution in [0.25, 0.3) is 0 Å². The minimum absolute atomic E-state index is 0.0545. The Hall–Kier alpha value is -1.85. The molecular weight excluding hydrogens is 200 g/mol. The number of carboxylic acids is 1.